The van der Waals surface area contributed by atoms with Crippen molar-refractivity contribution in [1.82, 2.24) is 10.2 Å². The second kappa shape index (κ2) is 6.98. The first kappa shape index (κ1) is 16.4. The molecule has 0 saturated carbocycles. The van der Waals surface area contributed by atoms with Gasteiger partial charge in [-0.05, 0) is 36.1 Å². The normalized spacial score (nSPS) is 11.2. The molecule has 2 aromatic heterocycles. The Labute approximate surface area is 144 Å². The standard InChI is InChI=1S/C16H16N4O2S2/c1-12-4-6-13(7-5-12)11-17-14-8-9-15(19-18-14)20-24(21,22)16-3-2-10-23-16/h2-10H,11H2,1H3,(H,17,18)(H,19,20). The van der Waals surface area contributed by atoms with Crippen molar-refractivity contribution < 1.29 is 8.42 Å². The number of rotatable bonds is 6. The molecule has 124 valence electrons. The molecule has 0 fully saturated rings. The van der Waals surface area contributed by atoms with Crippen LogP contribution in [0.3, 0.4) is 0 Å². The predicted molar refractivity (Wildman–Crippen MR) is 95.7 cm³/mol. The molecule has 24 heavy (non-hydrogen) atoms. The van der Waals surface area contributed by atoms with Gasteiger partial charge in [-0.25, -0.2) is 8.42 Å². The minimum Gasteiger partial charge on any atom is -0.365 e. The fourth-order valence-corrected chi connectivity index (χ4v) is 3.97. The molecule has 0 radical (unpaired) electrons. The Morgan fingerprint density at radius 2 is 1.71 bits per heavy atom. The first-order valence-corrected chi connectivity index (χ1v) is 9.59. The number of sulfonamides is 1. The molecule has 0 spiro atoms. The molecule has 0 amide bonds. The zero-order valence-corrected chi connectivity index (χ0v) is 14.6. The average molecular weight is 360 g/mol. The van der Waals surface area contributed by atoms with Crippen molar-refractivity contribution in [2.75, 3.05) is 10.0 Å². The third kappa shape index (κ3) is 4.09. The molecule has 1 aromatic carbocycles. The van der Waals surface area contributed by atoms with E-state index >= 15 is 0 Å². The fraction of sp³-hybridized carbons (Fsp3) is 0.125. The van der Waals surface area contributed by atoms with Gasteiger partial charge in [0.05, 0.1) is 0 Å². The maximum Gasteiger partial charge on any atom is 0.272 e. The van der Waals surface area contributed by atoms with Crippen LogP contribution < -0.4 is 10.0 Å². The van der Waals surface area contributed by atoms with Crippen LogP contribution in [0.25, 0.3) is 0 Å². The molecule has 2 N–H and O–H groups in total. The van der Waals surface area contributed by atoms with Crippen LogP contribution in [0.4, 0.5) is 11.6 Å². The Morgan fingerprint density at radius 3 is 2.33 bits per heavy atom. The third-order valence-electron chi connectivity index (χ3n) is 3.26. The Balaban J connectivity index is 1.62. The van der Waals surface area contributed by atoms with Gasteiger partial charge < -0.3 is 5.32 Å². The fourth-order valence-electron chi connectivity index (χ4n) is 1.98. The molecular weight excluding hydrogens is 344 g/mol. The molecule has 0 saturated heterocycles. The lowest BCUT2D eigenvalue weighted by molar-refractivity contribution is 0.603. The molecule has 8 heteroatoms. The van der Waals surface area contributed by atoms with Crippen LogP contribution in [-0.4, -0.2) is 18.6 Å². The third-order valence-corrected chi connectivity index (χ3v) is 6.01. The SMILES string of the molecule is Cc1ccc(CNc2ccc(NS(=O)(=O)c3cccs3)nn2)cc1. The van der Waals surface area contributed by atoms with Gasteiger partial charge in [0.2, 0.25) is 0 Å². The highest BCUT2D eigenvalue weighted by Crippen LogP contribution is 2.19. The number of benzene rings is 1. The molecule has 0 aliphatic rings. The summed E-state index contributed by atoms with van der Waals surface area (Å²) in [6.45, 7) is 2.66. The van der Waals surface area contributed by atoms with E-state index in [4.69, 9.17) is 0 Å². The quantitative estimate of drug-likeness (QED) is 0.705. The van der Waals surface area contributed by atoms with Crippen molar-refractivity contribution in [1.29, 1.82) is 0 Å². The van der Waals surface area contributed by atoms with E-state index < -0.39 is 10.0 Å². The largest absolute Gasteiger partial charge is 0.365 e. The number of anilines is 2. The lowest BCUT2D eigenvalue weighted by Crippen LogP contribution is -2.13. The lowest BCUT2D eigenvalue weighted by atomic mass is 10.1. The van der Waals surface area contributed by atoms with Crippen molar-refractivity contribution >= 4 is 33.0 Å². The number of thiophene rings is 1. The van der Waals surface area contributed by atoms with Gasteiger partial charge in [0.15, 0.2) is 5.82 Å². The van der Waals surface area contributed by atoms with Gasteiger partial charge in [-0.1, -0.05) is 35.9 Å². The number of hydrogen-bond acceptors (Lipinski definition) is 6. The first-order chi connectivity index (χ1) is 11.5. The van der Waals surface area contributed by atoms with Crippen LogP contribution in [0.1, 0.15) is 11.1 Å². The first-order valence-electron chi connectivity index (χ1n) is 7.22. The number of aromatic nitrogens is 2. The second-order valence-electron chi connectivity index (χ2n) is 5.18. The molecule has 0 atom stereocenters. The number of hydrogen-bond donors (Lipinski definition) is 2. The molecule has 3 aromatic rings. The van der Waals surface area contributed by atoms with Crippen molar-refractivity contribution in [3.63, 3.8) is 0 Å². The summed E-state index contributed by atoms with van der Waals surface area (Å²) in [6, 6.07) is 14.7. The summed E-state index contributed by atoms with van der Waals surface area (Å²) >= 11 is 1.15. The van der Waals surface area contributed by atoms with E-state index in [-0.39, 0.29) is 10.0 Å². The molecule has 2 heterocycles. The molecule has 0 aliphatic carbocycles. The van der Waals surface area contributed by atoms with Crippen LogP contribution in [-0.2, 0) is 16.6 Å². The van der Waals surface area contributed by atoms with E-state index in [1.807, 2.05) is 31.2 Å². The van der Waals surface area contributed by atoms with Crippen molar-refractivity contribution in [3.05, 3.63) is 65.0 Å². The minimum absolute atomic E-state index is 0.185. The Kier molecular flexibility index (Phi) is 4.77. The summed E-state index contributed by atoms with van der Waals surface area (Å²) < 4.78 is 26.9. The minimum atomic E-state index is -3.60. The number of nitrogens with zero attached hydrogens (tertiary/aromatic N) is 2. The van der Waals surface area contributed by atoms with Gasteiger partial charge in [-0.3, -0.25) is 4.72 Å². The maximum absolute atomic E-state index is 12.1. The van der Waals surface area contributed by atoms with Crippen molar-refractivity contribution in [3.8, 4) is 0 Å². The summed E-state index contributed by atoms with van der Waals surface area (Å²) in [5.41, 5.74) is 2.34. The zero-order valence-electron chi connectivity index (χ0n) is 12.9. The number of nitrogens with one attached hydrogen (secondary N) is 2. The van der Waals surface area contributed by atoms with Gasteiger partial charge >= 0.3 is 0 Å². The Hall–Kier alpha value is -2.45. The predicted octanol–water partition coefficient (Wildman–Crippen LogP) is 3.26. The summed E-state index contributed by atoms with van der Waals surface area (Å²) in [6.07, 6.45) is 0. The summed E-state index contributed by atoms with van der Waals surface area (Å²) in [7, 11) is -3.60. The van der Waals surface area contributed by atoms with E-state index in [0.717, 1.165) is 16.9 Å². The molecular formula is C16H16N4O2S2. The van der Waals surface area contributed by atoms with Gasteiger partial charge in [0.1, 0.15) is 10.0 Å². The highest BCUT2D eigenvalue weighted by molar-refractivity contribution is 7.94. The lowest BCUT2D eigenvalue weighted by Gasteiger charge is -2.07. The summed E-state index contributed by atoms with van der Waals surface area (Å²) in [5.74, 6) is 0.763. The van der Waals surface area contributed by atoms with Gasteiger partial charge in [-0.2, -0.15) is 0 Å². The van der Waals surface area contributed by atoms with Crippen LogP contribution in [0.5, 0.6) is 0 Å². The highest BCUT2D eigenvalue weighted by Gasteiger charge is 2.15. The summed E-state index contributed by atoms with van der Waals surface area (Å²) in [4.78, 5) is 0. The Morgan fingerprint density at radius 1 is 1.00 bits per heavy atom. The van der Waals surface area contributed by atoms with Gasteiger partial charge in [0, 0.05) is 6.54 Å². The maximum atomic E-state index is 12.1. The highest BCUT2D eigenvalue weighted by atomic mass is 32.2. The van der Waals surface area contributed by atoms with Crippen LogP contribution in [0.2, 0.25) is 0 Å². The molecule has 6 nitrogen and oxygen atoms in total. The Bertz CT molecular complexity index is 890. The van der Waals surface area contributed by atoms with Crippen molar-refractivity contribution in [2.24, 2.45) is 0 Å². The van der Waals surface area contributed by atoms with Gasteiger partial charge in [0.25, 0.3) is 10.0 Å². The van der Waals surface area contributed by atoms with E-state index in [2.05, 4.69) is 20.2 Å². The van der Waals surface area contributed by atoms with E-state index in [9.17, 15) is 8.42 Å². The molecule has 0 unspecified atom stereocenters. The van der Waals surface area contributed by atoms with Gasteiger partial charge in [-0.15, -0.1) is 21.5 Å². The van der Waals surface area contributed by atoms with Crippen molar-refractivity contribution in [2.45, 2.75) is 17.7 Å². The molecule has 0 bridgehead atoms. The van der Waals surface area contributed by atoms with Crippen LogP contribution in [0.15, 0.2) is 58.1 Å². The smallest absolute Gasteiger partial charge is 0.272 e. The molecule has 3 rings (SSSR count). The summed E-state index contributed by atoms with van der Waals surface area (Å²) in [5, 5.41) is 12.8. The van der Waals surface area contributed by atoms with E-state index in [1.54, 1.807) is 23.6 Å². The van der Waals surface area contributed by atoms with Crippen LogP contribution >= 0.6 is 11.3 Å². The van der Waals surface area contributed by atoms with E-state index in [1.165, 1.54) is 11.6 Å². The monoisotopic (exact) mass is 360 g/mol. The second-order valence-corrected chi connectivity index (χ2v) is 8.04. The van der Waals surface area contributed by atoms with Crippen LogP contribution in [0, 0.1) is 6.92 Å². The number of aryl methyl sites for hydroxylation is 1. The average Bonchev–Trinajstić information content (AvgIpc) is 3.11. The topological polar surface area (TPSA) is 84.0 Å². The van der Waals surface area contributed by atoms with E-state index in [0.29, 0.717) is 12.4 Å². The molecule has 0 aliphatic heterocycles. The zero-order chi connectivity index (χ0) is 17.0.